The van der Waals surface area contributed by atoms with E-state index in [0.717, 1.165) is 36.5 Å². The number of nitrogens with zero attached hydrogens (tertiary/aromatic N) is 1. The van der Waals surface area contributed by atoms with Crippen LogP contribution in [0.2, 0.25) is 0 Å². The number of para-hydroxylation sites is 1. The Balaban J connectivity index is 2.08. The summed E-state index contributed by atoms with van der Waals surface area (Å²) < 4.78 is 0. The van der Waals surface area contributed by atoms with Crippen LogP contribution in [0.5, 0.6) is 0 Å². The highest BCUT2D eigenvalue weighted by Gasteiger charge is 2.19. The number of hydrogen-bond donors (Lipinski definition) is 2. The van der Waals surface area contributed by atoms with E-state index in [-0.39, 0.29) is 11.3 Å². The van der Waals surface area contributed by atoms with Crippen LogP contribution in [0, 0.1) is 0 Å². The highest BCUT2D eigenvalue weighted by atomic mass is 16.1. The third-order valence-electron chi connectivity index (χ3n) is 3.85. The fraction of sp³-hybridized carbons (Fsp3) is 0.400. The number of nitrogens with one attached hydrogen (secondary N) is 2. The van der Waals surface area contributed by atoms with E-state index in [1.54, 1.807) is 12.3 Å². The molecule has 2 aromatic rings. The number of hydrogen-bond acceptors (Lipinski definition) is 3. The maximum atomic E-state index is 12.5. The van der Waals surface area contributed by atoms with Gasteiger partial charge in [0.1, 0.15) is 5.82 Å². The minimum atomic E-state index is -0.140. The Kier molecular flexibility index (Phi) is 5.96. The van der Waals surface area contributed by atoms with Crippen molar-refractivity contribution in [1.29, 1.82) is 0 Å². The van der Waals surface area contributed by atoms with Gasteiger partial charge < -0.3 is 10.6 Å². The molecule has 0 aliphatic carbocycles. The van der Waals surface area contributed by atoms with Gasteiger partial charge in [0.2, 0.25) is 0 Å². The molecule has 24 heavy (non-hydrogen) atoms. The summed E-state index contributed by atoms with van der Waals surface area (Å²) >= 11 is 0. The Morgan fingerprint density at radius 3 is 2.50 bits per heavy atom. The van der Waals surface area contributed by atoms with Crippen molar-refractivity contribution >= 4 is 17.4 Å². The normalized spacial score (nSPS) is 11.2. The van der Waals surface area contributed by atoms with Gasteiger partial charge in [0, 0.05) is 18.4 Å². The predicted octanol–water partition coefficient (Wildman–Crippen LogP) is 4.84. The molecule has 1 heterocycles. The van der Waals surface area contributed by atoms with Crippen LogP contribution in [-0.4, -0.2) is 17.4 Å². The highest BCUT2D eigenvalue weighted by Crippen LogP contribution is 2.29. The van der Waals surface area contributed by atoms with Crippen LogP contribution in [0.15, 0.2) is 42.6 Å². The molecule has 2 rings (SSSR count). The summed E-state index contributed by atoms with van der Waals surface area (Å²) in [7, 11) is 0. The van der Waals surface area contributed by atoms with Crippen LogP contribution in [0.25, 0.3) is 0 Å². The lowest BCUT2D eigenvalue weighted by Gasteiger charge is -2.23. The Bertz CT molecular complexity index is 672. The maximum absolute atomic E-state index is 12.5. The molecule has 0 aliphatic rings. The lowest BCUT2D eigenvalue weighted by molar-refractivity contribution is 0.102. The summed E-state index contributed by atoms with van der Waals surface area (Å²) in [4.78, 5) is 16.8. The molecular weight excluding hydrogens is 298 g/mol. The fourth-order valence-corrected chi connectivity index (χ4v) is 2.47. The van der Waals surface area contributed by atoms with Crippen molar-refractivity contribution in [3.05, 3.63) is 53.7 Å². The van der Waals surface area contributed by atoms with Crippen molar-refractivity contribution in [3.8, 4) is 0 Å². The highest BCUT2D eigenvalue weighted by molar-refractivity contribution is 6.04. The second kappa shape index (κ2) is 7.95. The molecule has 0 bridgehead atoms. The molecule has 0 atom stereocenters. The van der Waals surface area contributed by atoms with Crippen LogP contribution < -0.4 is 10.6 Å². The SMILES string of the molecule is CCCCNc1ccc(C(=O)Nc2ccccc2C(C)(C)C)cn1. The minimum absolute atomic E-state index is 0.0326. The van der Waals surface area contributed by atoms with Crippen LogP contribution in [0.1, 0.15) is 56.5 Å². The second-order valence-electron chi connectivity index (χ2n) is 6.96. The number of rotatable bonds is 6. The lowest BCUT2D eigenvalue weighted by atomic mass is 9.86. The van der Waals surface area contributed by atoms with E-state index in [0.29, 0.717) is 5.56 Å². The Morgan fingerprint density at radius 2 is 1.88 bits per heavy atom. The summed E-state index contributed by atoms with van der Waals surface area (Å²) in [5, 5.41) is 6.25. The third-order valence-corrected chi connectivity index (χ3v) is 3.85. The molecule has 4 nitrogen and oxygen atoms in total. The number of carbonyl (C=O) groups excluding carboxylic acids is 1. The van der Waals surface area contributed by atoms with Crippen molar-refractivity contribution in [1.82, 2.24) is 4.98 Å². The fourth-order valence-electron chi connectivity index (χ4n) is 2.47. The Morgan fingerprint density at radius 1 is 1.12 bits per heavy atom. The number of benzene rings is 1. The van der Waals surface area contributed by atoms with Crippen LogP contribution >= 0.6 is 0 Å². The first-order valence-electron chi connectivity index (χ1n) is 8.52. The molecule has 4 heteroatoms. The van der Waals surface area contributed by atoms with Gasteiger partial charge >= 0.3 is 0 Å². The van der Waals surface area contributed by atoms with Crippen LogP contribution in [-0.2, 0) is 5.41 Å². The zero-order valence-electron chi connectivity index (χ0n) is 15.0. The Labute approximate surface area is 144 Å². The molecule has 0 saturated carbocycles. The van der Waals surface area contributed by atoms with Gasteiger partial charge in [-0.05, 0) is 35.6 Å². The third kappa shape index (κ3) is 4.82. The standard InChI is InChI=1S/C20H27N3O/c1-5-6-13-21-18-12-11-15(14-22-18)19(24)23-17-10-8-7-9-16(17)20(2,3)4/h7-12,14H,5-6,13H2,1-4H3,(H,21,22)(H,23,24). The van der Waals surface area contributed by atoms with Gasteiger partial charge in [-0.2, -0.15) is 0 Å². The average Bonchev–Trinajstić information content (AvgIpc) is 2.55. The van der Waals surface area contributed by atoms with Crippen molar-refractivity contribution in [2.24, 2.45) is 0 Å². The van der Waals surface area contributed by atoms with Gasteiger partial charge in [0.05, 0.1) is 5.56 Å². The van der Waals surface area contributed by atoms with Crippen molar-refractivity contribution in [3.63, 3.8) is 0 Å². The van der Waals surface area contributed by atoms with Gasteiger partial charge in [-0.3, -0.25) is 4.79 Å². The molecule has 128 valence electrons. The first-order chi connectivity index (χ1) is 11.4. The van der Waals surface area contributed by atoms with Crippen molar-refractivity contribution < 1.29 is 4.79 Å². The molecule has 0 aliphatic heterocycles. The summed E-state index contributed by atoms with van der Waals surface area (Å²) in [6.07, 6.45) is 3.86. The minimum Gasteiger partial charge on any atom is -0.370 e. The van der Waals surface area contributed by atoms with Gasteiger partial charge in [-0.1, -0.05) is 52.3 Å². The summed E-state index contributed by atoms with van der Waals surface area (Å²) in [5.74, 6) is 0.661. The monoisotopic (exact) mass is 325 g/mol. The van der Waals surface area contributed by atoms with Crippen LogP contribution in [0.3, 0.4) is 0 Å². The first kappa shape index (κ1) is 18.0. The summed E-state index contributed by atoms with van der Waals surface area (Å²) in [6, 6.07) is 11.6. The van der Waals surface area contributed by atoms with E-state index in [4.69, 9.17) is 0 Å². The maximum Gasteiger partial charge on any atom is 0.257 e. The molecule has 0 unspecified atom stereocenters. The van der Waals surface area contributed by atoms with Crippen molar-refractivity contribution in [2.45, 2.75) is 46.0 Å². The molecule has 0 saturated heterocycles. The summed E-state index contributed by atoms with van der Waals surface area (Å²) in [6.45, 7) is 9.45. The molecule has 0 radical (unpaired) electrons. The van der Waals surface area contributed by atoms with E-state index in [1.807, 2.05) is 24.3 Å². The average molecular weight is 325 g/mol. The van der Waals surface area contributed by atoms with Gasteiger partial charge in [-0.25, -0.2) is 4.98 Å². The quantitative estimate of drug-likeness (QED) is 0.747. The number of carbonyl (C=O) groups is 1. The molecule has 1 aromatic carbocycles. The first-order valence-corrected chi connectivity index (χ1v) is 8.52. The van der Waals surface area contributed by atoms with Gasteiger partial charge in [-0.15, -0.1) is 0 Å². The number of unbranched alkanes of at least 4 members (excludes halogenated alkanes) is 1. The molecule has 1 aromatic heterocycles. The predicted molar refractivity (Wildman–Crippen MR) is 101 cm³/mol. The molecule has 0 fully saturated rings. The molecule has 0 spiro atoms. The molecular formula is C20H27N3O. The number of aromatic nitrogens is 1. The number of amides is 1. The number of anilines is 2. The van der Waals surface area contributed by atoms with Crippen molar-refractivity contribution in [2.75, 3.05) is 17.2 Å². The largest absolute Gasteiger partial charge is 0.370 e. The Hall–Kier alpha value is -2.36. The van der Waals surface area contributed by atoms with E-state index < -0.39 is 0 Å². The van der Waals surface area contributed by atoms with E-state index in [2.05, 4.69) is 49.4 Å². The smallest absolute Gasteiger partial charge is 0.257 e. The van der Waals surface area contributed by atoms with E-state index in [1.165, 1.54) is 0 Å². The zero-order valence-corrected chi connectivity index (χ0v) is 15.0. The van der Waals surface area contributed by atoms with E-state index >= 15 is 0 Å². The summed E-state index contributed by atoms with van der Waals surface area (Å²) in [5.41, 5.74) is 2.49. The van der Waals surface area contributed by atoms with Gasteiger partial charge in [0.25, 0.3) is 5.91 Å². The zero-order chi connectivity index (χ0) is 17.6. The topological polar surface area (TPSA) is 54.0 Å². The lowest BCUT2D eigenvalue weighted by Crippen LogP contribution is -2.18. The van der Waals surface area contributed by atoms with Gasteiger partial charge in [0.15, 0.2) is 0 Å². The van der Waals surface area contributed by atoms with Crippen LogP contribution in [0.4, 0.5) is 11.5 Å². The number of pyridine rings is 1. The molecule has 2 N–H and O–H groups in total. The molecule has 1 amide bonds. The second-order valence-corrected chi connectivity index (χ2v) is 6.96. The van der Waals surface area contributed by atoms with E-state index in [9.17, 15) is 4.79 Å².